The predicted molar refractivity (Wildman–Crippen MR) is 55.1 cm³/mol. The van der Waals surface area contributed by atoms with Crippen LogP contribution in [-0.2, 0) is 0 Å². The van der Waals surface area contributed by atoms with E-state index in [2.05, 4.69) is 5.10 Å². The number of benzene rings is 1. The maximum Gasteiger partial charge on any atom is 0.356 e. The van der Waals surface area contributed by atoms with E-state index in [0.29, 0.717) is 6.07 Å². The maximum absolute atomic E-state index is 13.5. The van der Waals surface area contributed by atoms with Crippen LogP contribution in [0.15, 0.2) is 18.2 Å². The first-order chi connectivity index (χ1) is 8.40. The van der Waals surface area contributed by atoms with Gasteiger partial charge in [-0.3, -0.25) is 0 Å². The summed E-state index contributed by atoms with van der Waals surface area (Å²) >= 11 is 0. The van der Waals surface area contributed by atoms with Crippen molar-refractivity contribution in [3.8, 4) is 5.69 Å². The van der Waals surface area contributed by atoms with Gasteiger partial charge in [-0.1, -0.05) is 0 Å². The van der Waals surface area contributed by atoms with Gasteiger partial charge in [0.25, 0.3) is 0 Å². The van der Waals surface area contributed by atoms with Gasteiger partial charge >= 0.3 is 5.97 Å². The van der Waals surface area contributed by atoms with Gasteiger partial charge in [-0.25, -0.2) is 22.6 Å². The van der Waals surface area contributed by atoms with Crippen molar-refractivity contribution in [2.45, 2.75) is 6.92 Å². The summed E-state index contributed by atoms with van der Waals surface area (Å²) in [5.41, 5.74) is -0.564. The average Bonchev–Trinajstić information content (AvgIpc) is 2.66. The largest absolute Gasteiger partial charge is 0.476 e. The molecule has 0 aliphatic carbocycles. The summed E-state index contributed by atoms with van der Waals surface area (Å²) in [6, 6.07) is 2.31. The summed E-state index contributed by atoms with van der Waals surface area (Å²) in [4.78, 5) is 10.7. The molecule has 7 heteroatoms. The first-order valence-corrected chi connectivity index (χ1v) is 4.85. The second kappa shape index (κ2) is 4.17. The number of aromatic carboxylic acids is 1. The van der Waals surface area contributed by atoms with Gasteiger partial charge in [0, 0.05) is 17.8 Å². The highest BCUT2D eigenvalue weighted by Crippen LogP contribution is 2.20. The molecule has 2 aromatic rings. The number of halogens is 3. The number of hydrogen-bond donors (Lipinski definition) is 1. The molecule has 2 rings (SSSR count). The van der Waals surface area contributed by atoms with Crippen LogP contribution in [-0.4, -0.2) is 20.9 Å². The zero-order valence-electron chi connectivity index (χ0n) is 9.12. The van der Waals surface area contributed by atoms with Crippen LogP contribution in [0.5, 0.6) is 0 Å². The molecule has 0 aliphatic rings. The minimum atomic E-state index is -1.36. The van der Waals surface area contributed by atoms with Gasteiger partial charge in [-0.15, -0.1) is 0 Å². The van der Waals surface area contributed by atoms with E-state index in [-0.39, 0.29) is 11.4 Å². The Morgan fingerprint density at radius 2 is 1.94 bits per heavy atom. The van der Waals surface area contributed by atoms with Crippen molar-refractivity contribution in [2.75, 3.05) is 0 Å². The van der Waals surface area contributed by atoms with E-state index in [9.17, 15) is 18.0 Å². The van der Waals surface area contributed by atoms with Crippen molar-refractivity contribution in [2.24, 2.45) is 0 Å². The van der Waals surface area contributed by atoms with E-state index in [0.717, 1.165) is 10.7 Å². The van der Waals surface area contributed by atoms with Crippen molar-refractivity contribution in [3.63, 3.8) is 0 Å². The average molecular weight is 256 g/mol. The summed E-state index contributed by atoms with van der Waals surface area (Å²) in [5.74, 6) is -4.94. The van der Waals surface area contributed by atoms with Gasteiger partial charge in [-0.05, 0) is 13.0 Å². The highest BCUT2D eigenvalue weighted by atomic mass is 19.2. The molecule has 0 bridgehead atoms. The first kappa shape index (κ1) is 12.2. The minimum absolute atomic E-state index is 0.247. The quantitative estimate of drug-likeness (QED) is 0.839. The Morgan fingerprint density at radius 3 is 2.50 bits per heavy atom. The van der Waals surface area contributed by atoms with Gasteiger partial charge in [0.05, 0.1) is 0 Å². The number of carboxylic acid groups (broad SMARTS) is 1. The fourth-order valence-electron chi connectivity index (χ4n) is 1.52. The number of aryl methyl sites for hydroxylation is 1. The van der Waals surface area contributed by atoms with Crippen LogP contribution < -0.4 is 0 Å². The fraction of sp³-hybridized carbons (Fsp3) is 0.0909. The van der Waals surface area contributed by atoms with E-state index >= 15 is 0 Å². The second-order valence-corrected chi connectivity index (χ2v) is 3.61. The highest BCUT2D eigenvalue weighted by molar-refractivity contribution is 5.85. The number of nitrogens with zero attached hydrogens (tertiary/aromatic N) is 2. The van der Waals surface area contributed by atoms with Gasteiger partial charge in [0.1, 0.15) is 11.5 Å². The molecular weight excluding hydrogens is 249 g/mol. The maximum atomic E-state index is 13.5. The van der Waals surface area contributed by atoms with Crippen LogP contribution in [0.25, 0.3) is 5.69 Å². The highest BCUT2D eigenvalue weighted by Gasteiger charge is 2.17. The third-order valence-electron chi connectivity index (χ3n) is 2.31. The normalized spacial score (nSPS) is 10.7. The van der Waals surface area contributed by atoms with Crippen LogP contribution in [0.3, 0.4) is 0 Å². The lowest BCUT2D eigenvalue weighted by Gasteiger charge is -2.06. The lowest BCUT2D eigenvalue weighted by molar-refractivity contribution is 0.0690. The van der Waals surface area contributed by atoms with E-state index in [1.807, 2.05) is 0 Å². The van der Waals surface area contributed by atoms with Gasteiger partial charge in [0.2, 0.25) is 0 Å². The molecule has 0 saturated carbocycles. The molecule has 0 fully saturated rings. The Hall–Kier alpha value is -2.31. The third kappa shape index (κ3) is 1.94. The fourth-order valence-corrected chi connectivity index (χ4v) is 1.52. The number of aromatic nitrogens is 2. The van der Waals surface area contributed by atoms with Crippen LogP contribution in [0.1, 0.15) is 16.2 Å². The van der Waals surface area contributed by atoms with Crippen LogP contribution in [0, 0.1) is 24.4 Å². The molecule has 1 heterocycles. The van der Waals surface area contributed by atoms with Gasteiger partial charge in [-0.2, -0.15) is 5.10 Å². The SMILES string of the molecule is Cc1cc(C(=O)O)nn1-c1cc(F)cc(F)c1F. The van der Waals surface area contributed by atoms with Crippen molar-refractivity contribution < 1.29 is 23.1 Å². The van der Waals surface area contributed by atoms with E-state index in [1.165, 1.54) is 13.0 Å². The van der Waals surface area contributed by atoms with Crippen molar-refractivity contribution >= 4 is 5.97 Å². The van der Waals surface area contributed by atoms with Gasteiger partial charge in [0.15, 0.2) is 17.3 Å². The van der Waals surface area contributed by atoms with Crippen molar-refractivity contribution in [1.29, 1.82) is 0 Å². The monoisotopic (exact) mass is 256 g/mol. The number of hydrogen-bond acceptors (Lipinski definition) is 2. The number of carboxylic acids is 1. The van der Waals surface area contributed by atoms with Crippen molar-refractivity contribution in [3.05, 3.63) is 47.0 Å². The molecule has 0 amide bonds. The summed E-state index contributed by atoms with van der Waals surface area (Å²) in [6.45, 7) is 1.45. The van der Waals surface area contributed by atoms with E-state index in [1.54, 1.807) is 0 Å². The number of rotatable bonds is 2. The molecule has 0 atom stereocenters. The molecule has 1 aromatic heterocycles. The van der Waals surface area contributed by atoms with Crippen molar-refractivity contribution in [1.82, 2.24) is 9.78 Å². The smallest absolute Gasteiger partial charge is 0.356 e. The van der Waals surface area contributed by atoms with E-state index in [4.69, 9.17) is 5.11 Å². The van der Waals surface area contributed by atoms with Crippen LogP contribution in [0.4, 0.5) is 13.2 Å². The minimum Gasteiger partial charge on any atom is -0.476 e. The molecular formula is C11H7F3N2O2. The second-order valence-electron chi connectivity index (χ2n) is 3.61. The van der Waals surface area contributed by atoms with E-state index < -0.39 is 29.1 Å². The first-order valence-electron chi connectivity index (χ1n) is 4.85. The Bertz CT molecular complexity index is 637. The summed E-state index contributed by atoms with van der Waals surface area (Å²) in [7, 11) is 0. The molecule has 0 saturated heterocycles. The lowest BCUT2D eigenvalue weighted by atomic mass is 10.2. The molecule has 94 valence electrons. The standard InChI is InChI=1S/C11H7F3N2O2/c1-5-2-8(11(17)18)15-16(5)9-4-6(12)3-7(13)10(9)14/h2-4H,1H3,(H,17,18). The molecule has 1 N–H and O–H groups in total. The summed E-state index contributed by atoms with van der Waals surface area (Å²) < 4.78 is 40.4. The zero-order valence-corrected chi connectivity index (χ0v) is 9.12. The lowest BCUT2D eigenvalue weighted by Crippen LogP contribution is -2.06. The number of carbonyl (C=O) groups is 1. The topological polar surface area (TPSA) is 55.1 Å². The Kier molecular flexibility index (Phi) is 2.82. The van der Waals surface area contributed by atoms with Crippen LogP contribution >= 0.6 is 0 Å². The zero-order chi connectivity index (χ0) is 13.4. The molecule has 18 heavy (non-hydrogen) atoms. The Morgan fingerprint density at radius 1 is 1.28 bits per heavy atom. The molecule has 0 aliphatic heterocycles. The third-order valence-corrected chi connectivity index (χ3v) is 2.31. The van der Waals surface area contributed by atoms with Crippen LogP contribution in [0.2, 0.25) is 0 Å². The summed E-state index contributed by atoms with van der Waals surface area (Å²) in [5, 5.41) is 12.3. The Balaban J connectivity index is 2.65. The molecule has 0 spiro atoms. The predicted octanol–water partition coefficient (Wildman–Crippen LogP) is 2.30. The van der Waals surface area contributed by atoms with Gasteiger partial charge < -0.3 is 5.11 Å². The molecule has 4 nitrogen and oxygen atoms in total. The Labute approximate surface area is 99.3 Å². The summed E-state index contributed by atoms with van der Waals surface area (Å²) in [6.07, 6.45) is 0. The molecule has 1 aromatic carbocycles. The molecule has 0 radical (unpaired) electrons. The molecule has 0 unspecified atom stereocenters.